The lowest BCUT2D eigenvalue weighted by Gasteiger charge is -2.20. The van der Waals surface area contributed by atoms with Crippen molar-refractivity contribution in [2.75, 3.05) is 7.11 Å². The lowest BCUT2D eigenvalue weighted by atomic mass is 10.1. The molecule has 1 amide bonds. The maximum Gasteiger partial charge on any atom is 0.514 e. The number of carbonyl (C=O) groups is 2. The predicted molar refractivity (Wildman–Crippen MR) is 147 cm³/mol. The number of aromatic nitrogens is 3. The number of hydrogen-bond donors (Lipinski definition) is 1. The van der Waals surface area contributed by atoms with E-state index >= 15 is 0 Å². The number of ether oxygens (including phenoxy) is 2. The molecule has 5 aromatic rings. The van der Waals surface area contributed by atoms with Crippen LogP contribution in [0, 0.1) is 0 Å². The number of fused-ring (bicyclic) bond motifs is 1. The van der Waals surface area contributed by atoms with Crippen molar-refractivity contribution in [2.45, 2.75) is 13.1 Å². The molecule has 9 nitrogen and oxygen atoms in total. The van der Waals surface area contributed by atoms with Gasteiger partial charge in [0.05, 0.1) is 43.0 Å². The lowest BCUT2D eigenvalue weighted by molar-refractivity contribution is 0.0950. The van der Waals surface area contributed by atoms with E-state index in [2.05, 4.69) is 10.4 Å². The van der Waals surface area contributed by atoms with E-state index in [1.165, 1.54) is 13.3 Å². The molecule has 0 spiro atoms. The maximum absolute atomic E-state index is 13.6. The van der Waals surface area contributed by atoms with Crippen LogP contribution in [0.2, 0.25) is 5.02 Å². The van der Waals surface area contributed by atoms with Crippen molar-refractivity contribution < 1.29 is 19.1 Å². The highest BCUT2D eigenvalue weighted by atomic mass is 35.5. The van der Waals surface area contributed by atoms with E-state index in [-0.39, 0.29) is 18.0 Å². The van der Waals surface area contributed by atoms with Gasteiger partial charge < -0.3 is 14.8 Å². The van der Waals surface area contributed by atoms with Crippen LogP contribution in [0.4, 0.5) is 4.79 Å². The Hall–Kier alpha value is -4.89. The number of halogens is 1. The first-order valence-electron chi connectivity index (χ1n) is 12.0. The first-order valence-corrected chi connectivity index (χ1v) is 12.4. The molecule has 0 saturated heterocycles. The van der Waals surface area contributed by atoms with Crippen LogP contribution in [0.3, 0.4) is 0 Å². The van der Waals surface area contributed by atoms with Gasteiger partial charge in [-0.3, -0.25) is 18.8 Å². The van der Waals surface area contributed by atoms with Gasteiger partial charge in [-0.2, -0.15) is 5.10 Å². The van der Waals surface area contributed by atoms with Crippen LogP contribution >= 0.6 is 11.6 Å². The molecule has 0 saturated carbocycles. The van der Waals surface area contributed by atoms with Gasteiger partial charge in [-0.25, -0.2) is 4.79 Å². The molecule has 0 aliphatic heterocycles. The molecule has 196 valence electrons. The normalized spacial score (nSPS) is 10.8. The minimum absolute atomic E-state index is 0.0594. The quantitative estimate of drug-likeness (QED) is 0.291. The Morgan fingerprint density at radius 2 is 1.72 bits per heavy atom. The molecule has 0 atom stereocenters. The first kappa shape index (κ1) is 25.7. The molecule has 5 rings (SSSR count). The van der Waals surface area contributed by atoms with Crippen LogP contribution in [-0.2, 0) is 17.8 Å². The fourth-order valence-corrected chi connectivity index (χ4v) is 4.38. The van der Waals surface area contributed by atoms with Gasteiger partial charge in [0.25, 0.3) is 5.91 Å². The van der Waals surface area contributed by atoms with Crippen molar-refractivity contribution in [3.63, 3.8) is 0 Å². The number of pyridine rings is 1. The number of hydrogen-bond acceptors (Lipinski definition) is 6. The Morgan fingerprint density at radius 1 is 1.00 bits per heavy atom. The predicted octanol–water partition coefficient (Wildman–Crippen LogP) is 4.96. The molecule has 0 radical (unpaired) electrons. The van der Waals surface area contributed by atoms with Crippen LogP contribution in [0.1, 0.15) is 21.5 Å². The van der Waals surface area contributed by atoms with Crippen LogP contribution < -0.4 is 15.5 Å². The first-order chi connectivity index (χ1) is 18.9. The molecule has 3 aromatic carbocycles. The largest absolute Gasteiger partial charge is 0.514 e. The Balaban J connectivity index is 1.53. The molecule has 0 bridgehead atoms. The summed E-state index contributed by atoms with van der Waals surface area (Å²) in [6.45, 7) is 0.277. The molecule has 39 heavy (non-hydrogen) atoms. The molecule has 1 N–H and O–H groups in total. The summed E-state index contributed by atoms with van der Waals surface area (Å²) in [7, 11) is 1.17. The summed E-state index contributed by atoms with van der Waals surface area (Å²) in [5.41, 5.74) is 2.03. The van der Waals surface area contributed by atoms with Gasteiger partial charge in [0.1, 0.15) is 0 Å². The van der Waals surface area contributed by atoms with Gasteiger partial charge in [0.2, 0.25) is 5.88 Å². The van der Waals surface area contributed by atoms with Crippen molar-refractivity contribution in [3.05, 3.63) is 123 Å². The third-order valence-electron chi connectivity index (χ3n) is 6.05. The number of rotatable bonds is 7. The molecule has 0 unspecified atom stereocenters. The van der Waals surface area contributed by atoms with Crippen molar-refractivity contribution >= 4 is 34.6 Å². The highest BCUT2D eigenvalue weighted by molar-refractivity contribution is 6.31. The molecule has 2 heterocycles. The van der Waals surface area contributed by atoms with Crippen molar-refractivity contribution in [1.82, 2.24) is 19.7 Å². The van der Waals surface area contributed by atoms with Gasteiger partial charge in [-0.1, -0.05) is 60.1 Å². The number of para-hydroxylation sites is 1. The minimum atomic E-state index is -1.02. The second-order valence-corrected chi connectivity index (χ2v) is 9.03. The number of nitrogens with zero attached hydrogens (tertiary/aromatic N) is 3. The molecule has 10 heteroatoms. The van der Waals surface area contributed by atoms with E-state index in [9.17, 15) is 14.4 Å². The monoisotopic (exact) mass is 542 g/mol. The molecular formula is C29H23ClN4O5. The third-order valence-corrected chi connectivity index (χ3v) is 6.29. The topological polar surface area (TPSA) is 104 Å². The highest BCUT2D eigenvalue weighted by Gasteiger charge is 2.23. The number of methoxy groups -OCH3 is 1. The number of amides is 1. The third kappa shape index (κ3) is 5.53. The van der Waals surface area contributed by atoms with Gasteiger partial charge >= 0.3 is 6.16 Å². The fourth-order valence-electron chi connectivity index (χ4n) is 4.21. The van der Waals surface area contributed by atoms with E-state index in [1.807, 2.05) is 36.4 Å². The SMILES string of the molecule is COC(=O)Oc1c(CNC(=O)c2cnn(Cc3ccccc3)c2)c(=O)c2ccc(Cl)cc2n1-c1ccccc1. The smallest absolute Gasteiger partial charge is 0.437 e. The Kier molecular flexibility index (Phi) is 7.42. The van der Waals surface area contributed by atoms with Crippen LogP contribution in [0.15, 0.2) is 96.1 Å². The van der Waals surface area contributed by atoms with Crippen LogP contribution in [0.25, 0.3) is 16.6 Å². The summed E-state index contributed by atoms with van der Waals surface area (Å²) in [6.07, 6.45) is 2.06. The Bertz CT molecular complexity index is 1720. The average Bonchev–Trinajstić information content (AvgIpc) is 3.42. The fraction of sp³-hybridized carbons (Fsp3) is 0.103. The van der Waals surface area contributed by atoms with E-state index < -0.39 is 17.5 Å². The minimum Gasteiger partial charge on any atom is -0.437 e. The zero-order valence-corrected chi connectivity index (χ0v) is 21.6. The lowest BCUT2D eigenvalue weighted by Crippen LogP contribution is -2.29. The summed E-state index contributed by atoms with van der Waals surface area (Å²) in [4.78, 5) is 38.9. The average molecular weight is 543 g/mol. The summed E-state index contributed by atoms with van der Waals surface area (Å²) in [5.74, 6) is -0.534. The highest BCUT2D eigenvalue weighted by Crippen LogP contribution is 2.29. The molecule has 0 aliphatic rings. The Morgan fingerprint density at radius 3 is 2.44 bits per heavy atom. The second-order valence-electron chi connectivity index (χ2n) is 8.60. The number of nitrogens with one attached hydrogen (secondary N) is 1. The second kappa shape index (κ2) is 11.2. The molecule has 2 aromatic heterocycles. The van der Waals surface area contributed by atoms with E-state index in [1.54, 1.807) is 57.9 Å². The summed E-state index contributed by atoms with van der Waals surface area (Å²) >= 11 is 6.27. The van der Waals surface area contributed by atoms with E-state index in [0.717, 1.165) is 5.56 Å². The van der Waals surface area contributed by atoms with Crippen LogP contribution in [0.5, 0.6) is 5.88 Å². The summed E-state index contributed by atoms with van der Waals surface area (Å²) < 4.78 is 13.5. The number of benzene rings is 3. The van der Waals surface area contributed by atoms with Gasteiger partial charge in [0, 0.05) is 22.3 Å². The van der Waals surface area contributed by atoms with Crippen LogP contribution in [-0.4, -0.2) is 33.5 Å². The molecule has 0 aliphatic carbocycles. The van der Waals surface area contributed by atoms with Crippen molar-refractivity contribution in [1.29, 1.82) is 0 Å². The van der Waals surface area contributed by atoms with Crippen molar-refractivity contribution in [3.8, 4) is 11.6 Å². The summed E-state index contributed by atoms with van der Waals surface area (Å²) in [6, 6.07) is 23.6. The Labute approximate surface area is 228 Å². The zero-order valence-electron chi connectivity index (χ0n) is 20.8. The van der Waals surface area contributed by atoms with Crippen molar-refractivity contribution in [2.24, 2.45) is 0 Å². The summed E-state index contributed by atoms with van der Waals surface area (Å²) in [5, 5.41) is 7.75. The van der Waals surface area contributed by atoms with Gasteiger partial charge in [-0.15, -0.1) is 0 Å². The standard InChI is InChI=1S/C29H23ClN4O5/c1-38-29(37)39-28-24(16-31-27(36)20-15-32-33(18-20)17-19-8-4-2-5-9-19)26(35)23-13-12-21(30)14-25(23)34(28)22-10-6-3-7-11-22/h2-15,18H,16-17H2,1H3,(H,31,36). The maximum atomic E-state index is 13.6. The van der Waals surface area contributed by atoms with E-state index in [0.29, 0.717) is 33.7 Å². The molecular weight excluding hydrogens is 520 g/mol. The number of carbonyl (C=O) groups excluding carboxylic acids is 2. The van der Waals surface area contributed by atoms with Gasteiger partial charge in [0.15, 0.2) is 5.43 Å². The zero-order chi connectivity index (χ0) is 27.4. The van der Waals surface area contributed by atoms with E-state index in [4.69, 9.17) is 21.1 Å². The van der Waals surface area contributed by atoms with Gasteiger partial charge in [-0.05, 0) is 35.9 Å². The molecule has 0 fully saturated rings.